The Kier molecular flexibility index (Phi) is 6.91. The lowest BCUT2D eigenvalue weighted by molar-refractivity contribution is -0.137. The molecule has 2 atom stereocenters. The van der Waals surface area contributed by atoms with E-state index in [-0.39, 0.29) is 22.5 Å². The number of hydrogen-bond donors (Lipinski definition) is 0. The van der Waals surface area contributed by atoms with Crippen LogP contribution in [0.2, 0.25) is 18.1 Å². The van der Waals surface area contributed by atoms with E-state index in [9.17, 15) is 13.2 Å². The fourth-order valence-corrected chi connectivity index (χ4v) is 8.98. The van der Waals surface area contributed by atoms with Crippen LogP contribution in [0.5, 0.6) is 0 Å². The molecule has 1 aliphatic heterocycles. The number of fused-ring (bicyclic) bond motifs is 4. The van der Waals surface area contributed by atoms with Gasteiger partial charge in [0.2, 0.25) is 0 Å². The molecule has 0 N–H and O–H groups in total. The fourth-order valence-electron chi connectivity index (χ4n) is 7.71. The molecule has 0 amide bonds. The molecule has 0 saturated heterocycles. The molecule has 0 bridgehead atoms. The average molecular weight is 586 g/mol. The second kappa shape index (κ2) is 9.65. The molecule has 3 nitrogen and oxygen atoms in total. The van der Waals surface area contributed by atoms with Crippen molar-refractivity contribution in [2.24, 2.45) is 5.41 Å². The van der Waals surface area contributed by atoms with Gasteiger partial charge in [-0.3, -0.25) is 4.98 Å². The molecule has 0 unspecified atom stereocenters. The van der Waals surface area contributed by atoms with E-state index in [4.69, 9.17) is 14.1 Å². The van der Waals surface area contributed by atoms with Gasteiger partial charge in [-0.1, -0.05) is 66.0 Å². The fraction of sp³-hybridized carbons (Fsp3) is 0.676. The monoisotopic (exact) mass is 585 g/mol. The van der Waals surface area contributed by atoms with Crippen LogP contribution < -0.4 is 0 Å². The highest BCUT2D eigenvalue weighted by molar-refractivity contribution is 6.74. The summed E-state index contributed by atoms with van der Waals surface area (Å²) in [7, 11) is -2.11. The quantitative estimate of drug-likeness (QED) is 0.335. The summed E-state index contributed by atoms with van der Waals surface area (Å²) in [5.41, 5.74) is 5.89. The standard InChI is InChI=1S/C34H46F3NO2Si/c1-21(2)29-27-28(33(17-8-9-18-33)39-30(27)22-11-13-23(14-12-22)34(35,36)37)26-24(38-29)19-32(15-10-16-32)20-25(26)40-41(6,7)31(3,4)5/h11-14,21,25,30H,8-10,15-20H2,1-7H3/t25-,30+/m0/s1. The van der Waals surface area contributed by atoms with E-state index in [1.54, 1.807) is 12.1 Å². The van der Waals surface area contributed by atoms with Crippen molar-refractivity contribution in [2.45, 2.75) is 140 Å². The molecule has 224 valence electrons. The van der Waals surface area contributed by atoms with Crippen LogP contribution in [0.15, 0.2) is 24.3 Å². The molecule has 2 aromatic rings. The molecular formula is C34H46F3NO2Si. The van der Waals surface area contributed by atoms with Crippen LogP contribution in [0, 0.1) is 5.41 Å². The summed E-state index contributed by atoms with van der Waals surface area (Å²) in [4.78, 5) is 5.47. The van der Waals surface area contributed by atoms with Gasteiger partial charge in [0, 0.05) is 22.5 Å². The van der Waals surface area contributed by atoms with Crippen molar-refractivity contribution in [1.29, 1.82) is 0 Å². The first kappa shape index (κ1) is 29.4. The minimum absolute atomic E-state index is 0.0187. The summed E-state index contributed by atoms with van der Waals surface area (Å²) >= 11 is 0. The Labute approximate surface area is 244 Å². The smallest absolute Gasteiger partial charge is 0.410 e. The number of hydrogen-bond acceptors (Lipinski definition) is 3. The Morgan fingerprint density at radius 3 is 2.10 bits per heavy atom. The van der Waals surface area contributed by atoms with Gasteiger partial charge >= 0.3 is 6.18 Å². The van der Waals surface area contributed by atoms with Crippen LogP contribution >= 0.6 is 0 Å². The molecule has 3 aliphatic carbocycles. The maximum atomic E-state index is 13.4. The van der Waals surface area contributed by atoms with Gasteiger partial charge in [-0.2, -0.15) is 13.2 Å². The van der Waals surface area contributed by atoms with Gasteiger partial charge in [0.1, 0.15) is 6.10 Å². The van der Waals surface area contributed by atoms with E-state index >= 15 is 0 Å². The second-order valence-electron chi connectivity index (χ2n) is 15.2. The summed E-state index contributed by atoms with van der Waals surface area (Å²) in [5, 5.41) is 0.0795. The molecule has 6 rings (SSSR count). The largest absolute Gasteiger partial charge is 0.416 e. The van der Waals surface area contributed by atoms with Gasteiger partial charge in [-0.05, 0) is 91.2 Å². The van der Waals surface area contributed by atoms with Gasteiger partial charge < -0.3 is 9.16 Å². The van der Waals surface area contributed by atoms with Gasteiger partial charge in [0.25, 0.3) is 0 Å². The van der Waals surface area contributed by atoms with Gasteiger partial charge in [0.05, 0.1) is 17.3 Å². The minimum Gasteiger partial charge on any atom is -0.410 e. The number of nitrogens with zero attached hydrogens (tertiary/aromatic N) is 1. The third-order valence-corrected chi connectivity index (χ3v) is 15.6. The predicted octanol–water partition coefficient (Wildman–Crippen LogP) is 10.3. The van der Waals surface area contributed by atoms with Crippen molar-refractivity contribution in [3.8, 4) is 0 Å². The first-order valence-electron chi connectivity index (χ1n) is 15.7. The van der Waals surface area contributed by atoms with E-state index in [2.05, 4.69) is 47.7 Å². The molecule has 2 heterocycles. The van der Waals surface area contributed by atoms with Crippen molar-refractivity contribution in [3.05, 3.63) is 63.5 Å². The lowest BCUT2D eigenvalue weighted by Crippen LogP contribution is -2.46. The molecule has 2 fully saturated rings. The molecule has 1 aromatic carbocycles. The summed E-state index contributed by atoms with van der Waals surface area (Å²) in [6.07, 6.45) is 4.99. The highest BCUT2D eigenvalue weighted by Gasteiger charge is 2.55. The van der Waals surface area contributed by atoms with Crippen LogP contribution in [0.3, 0.4) is 0 Å². The Balaban J connectivity index is 1.57. The van der Waals surface area contributed by atoms with Crippen LogP contribution in [-0.4, -0.2) is 13.3 Å². The summed E-state index contributed by atoms with van der Waals surface area (Å²) in [6, 6.07) is 5.62. The van der Waals surface area contributed by atoms with Crippen molar-refractivity contribution < 1.29 is 22.3 Å². The van der Waals surface area contributed by atoms with Crippen molar-refractivity contribution in [2.75, 3.05) is 0 Å². The number of benzene rings is 1. The minimum atomic E-state index is -4.37. The number of aromatic nitrogens is 1. The molecule has 0 radical (unpaired) electrons. The highest BCUT2D eigenvalue weighted by Crippen LogP contribution is 2.62. The third kappa shape index (κ3) is 4.82. The number of alkyl halides is 3. The van der Waals surface area contributed by atoms with Crippen molar-refractivity contribution in [1.82, 2.24) is 4.98 Å². The zero-order valence-electron chi connectivity index (χ0n) is 25.8. The molecule has 2 saturated carbocycles. The first-order chi connectivity index (χ1) is 19.1. The van der Waals surface area contributed by atoms with Crippen molar-refractivity contribution in [3.63, 3.8) is 0 Å². The first-order valence-corrected chi connectivity index (χ1v) is 18.6. The van der Waals surface area contributed by atoms with E-state index in [1.807, 2.05) is 0 Å². The molecular weight excluding hydrogens is 539 g/mol. The molecule has 41 heavy (non-hydrogen) atoms. The summed E-state index contributed by atoms with van der Waals surface area (Å²) < 4.78 is 54.8. The van der Waals surface area contributed by atoms with Gasteiger partial charge in [0.15, 0.2) is 8.32 Å². The lowest BCUT2D eigenvalue weighted by Gasteiger charge is -2.51. The SMILES string of the molecule is CC(C)c1nc2c(c3c1[C@@H](c1ccc(C(F)(F)F)cc1)OC31CCCC1)[C@@H](O[Si](C)(C)C(C)(C)C)CC1(CCC1)C2. The van der Waals surface area contributed by atoms with Crippen molar-refractivity contribution >= 4 is 8.32 Å². The zero-order valence-corrected chi connectivity index (χ0v) is 26.8. The summed E-state index contributed by atoms with van der Waals surface area (Å²) in [6.45, 7) is 16.0. The van der Waals surface area contributed by atoms with E-state index in [0.29, 0.717) is 0 Å². The van der Waals surface area contributed by atoms with Crippen LogP contribution in [0.25, 0.3) is 0 Å². The zero-order chi connectivity index (χ0) is 29.6. The van der Waals surface area contributed by atoms with Crippen LogP contribution in [0.4, 0.5) is 13.2 Å². The molecule has 1 aromatic heterocycles. The maximum absolute atomic E-state index is 13.4. The molecule has 4 aliphatic rings. The normalized spacial score (nSPS) is 25.0. The number of pyridine rings is 1. The van der Waals surface area contributed by atoms with Gasteiger partial charge in [-0.15, -0.1) is 0 Å². The average Bonchev–Trinajstić information content (AvgIpc) is 3.46. The molecule has 7 heteroatoms. The second-order valence-corrected chi connectivity index (χ2v) is 20.0. The topological polar surface area (TPSA) is 31.4 Å². The number of rotatable bonds is 4. The van der Waals surface area contributed by atoms with E-state index < -0.39 is 31.8 Å². The highest BCUT2D eigenvalue weighted by atomic mass is 28.4. The summed E-state index contributed by atoms with van der Waals surface area (Å²) in [5.74, 6) is 0.171. The number of ether oxygens (including phenoxy) is 1. The Hall–Kier alpha value is -1.70. The lowest BCUT2D eigenvalue weighted by atomic mass is 9.59. The number of halogens is 3. The van der Waals surface area contributed by atoms with E-state index in [0.717, 1.165) is 55.3 Å². The van der Waals surface area contributed by atoms with E-state index in [1.165, 1.54) is 48.2 Å². The predicted molar refractivity (Wildman–Crippen MR) is 158 cm³/mol. The van der Waals surface area contributed by atoms with Crippen LogP contribution in [0.1, 0.15) is 143 Å². The van der Waals surface area contributed by atoms with Crippen LogP contribution in [-0.2, 0) is 27.4 Å². The maximum Gasteiger partial charge on any atom is 0.416 e. The Morgan fingerprint density at radius 2 is 1.59 bits per heavy atom. The Bertz CT molecular complexity index is 1320. The molecule has 2 spiro atoms. The Morgan fingerprint density at radius 1 is 0.951 bits per heavy atom. The third-order valence-electron chi connectivity index (χ3n) is 11.1. The van der Waals surface area contributed by atoms with Gasteiger partial charge in [-0.25, -0.2) is 0 Å².